The lowest BCUT2D eigenvalue weighted by Gasteiger charge is -2.38. The number of rotatable bonds is 5. The monoisotopic (exact) mass is 368 g/mol. The van der Waals surface area contributed by atoms with Gasteiger partial charge in [0.25, 0.3) is 0 Å². The second-order valence-corrected chi connectivity index (χ2v) is 8.14. The van der Waals surface area contributed by atoms with Crippen molar-refractivity contribution in [2.24, 2.45) is 0 Å². The zero-order valence-corrected chi connectivity index (χ0v) is 15.4. The van der Waals surface area contributed by atoms with E-state index in [0.29, 0.717) is 26.2 Å². The average Bonchev–Trinajstić information content (AvgIpc) is 2.62. The maximum Gasteiger partial charge on any atom is 0.221 e. The van der Waals surface area contributed by atoms with Crippen LogP contribution in [0.5, 0.6) is 0 Å². The zero-order chi connectivity index (χ0) is 16.8. The Morgan fingerprint density at radius 1 is 1.38 bits per heavy atom. The molecular formula is C18H25ClN2O2S. The summed E-state index contributed by atoms with van der Waals surface area (Å²) in [4.78, 5) is 12.4. The number of carbonyl (C=O) groups is 1. The molecule has 1 amide bonds. The van der Waals surface area contributed by atoms with Gasteiger partial charge < -0.3 is 15.4 Å². The molecule has 0 aliphatic carbocycles. The van der Waals surface area contributed by atoms with Crippen LogP contribution in [-0.2, 0) is 14.9 Å². The molecule has 4 nitrogen and oxygen atoms in total. The number of carbonyl (C=O) groups excluding carboxylic acids is 1. The van der Waals surface area contributed by atoms with E-state index in [1.807, 2.05) is 30.0 Å². The summed E-state index contributed by atoms with van der Waals surface area (Å²) < 4.78 is 5.55. The lowest BCUT2D eigenvalue weighted by Crippen LogP contribution is -2.47. The van der Waals surface area contributed by atoms with Gasteiger partial charge in [-0.25, -0.2) is 0 Å². The molecule has 1 aromatic carbocycles. The molecule has 0 saturated carbocycles. The summed E-state index contributed by atoms with van der Waals surface area (Å²) in [6.07, 6.45) is 2.31. The Kier molecular flexibility index (Phi) is 6.44. The molecule has 2 aliphatic rings. The minimum absolute atomic E-state index is 0.118. The topological polar surface area (TPSA) is 50.4 Å². The van der Waals surface area contributed by atoms with Gasteiger partial charge in [0.05, 0.1) is 0 Å². The quantitative estimate of drug-likeness (QED) is 0.838. The van der Waals surface area contributed by atoms with Crippen molar-refractivity contribution < 1.29 is 9.53 Å². The first-order valence-corrected chi connectivity index (χ1v) is 10.1. The van der Waals surface area contributed by atoms with Crippen molar-refractivity contribution in [3.63, 3.8) is 0 Å². The van der Waals surface area contributed by atoms with E-state index < -0.39 is 0 Å². The average molecular weight is 369 g/mol. The third-order valence-electron chi connectivity index (χ3n) is 4.95. The Morgan fingerprint density at radius 3 is 2.88 bits per heavy atom. The third-order valence-corrected chi connectivity index (χ3v) is 6.41. The molecule has 2 N–H and O–H groups in total. The van der Waals surface area contributed by atoms with Crippen LogP contribution in [0.3, 0.4) is 0 Å². The molecule has 6 heteroatoms. The summed E-state index contributed by atoms with van der Waals surface area (Å²) in [5.74, 6) is 2.26. The number of ether oxygens (including phenoxy) is 1. The van der Waals surface area contributed by atoms with E-state index in [2.05, 4.69) is 16.7 Å². The lowest BCUT2D eigenvalue weighted by atomic mass is 9.74. The highest BCUT2D eigenvalue weighted by Gasteiger charge is 2.36. The molecular weight excluding hydrogens is 344 g/mol. The van der Waals surface area contributed by atoms with Gasteiger partial charge in [-0.15, -0.1) is 0 Å². The van der Waals surface area contributed by atoms with Crippen LogP contribution in [0.4, 0.5) is 0 Å². The van der Waals surface area contributed by atoms with E-state index >= 15 is 0 Å². The highest BCUT2D eigenvalue weighted by atomic mass is 35.5. The summed E-state index contributed by atoms with van der Waals surface area (Å²) >= 11 is 8.36. The number of amides is 1. The minimum atomic E-state index is -0.124. The second-order valence-electron chi connectivity index (χ2n) is 6.58. The van der Waals surface area contributed by atoms with Gasteiger partial charge in [-0.1, -0.05) is 29.8 Å². The molecule has 0 spiro atoms. The maximum atomic E-state index is 12.4. The predicted octanol–water partition coefficient (Wildman–Crippen LogP) is 2.60. The standard InChI is InChI=1S/C18H25ClN2O2S/c19-16-4-2-1-3-15(16)18(5-8-23-9-6-18)13-21-17(22)11-14-12-24-10-7-20-14/h1-4,14,20H,5-13H2,(H,21,22). The highest BCUT2D eigenvalue weighted by molar-refractivity contribution is 7.99. The fraction of sp³-hybridized carbons (Fsp3) is 0.611. The number of benzene rings is 1. The van der Waals surface area contributed by atoms with Crippen LogP contribution in [-0.4, -0.2) is 49.8 Å². The van der Waals surface area contributed by atoms with Gasteiger partial charge in [0.1, 0.15) is 0 Å². The van der Waals surface area contributed by atoms with Crippen molar-refractivity contribution in [3.8, 4) is 0 Å². The fourth-order valence-corrected chi connectivity index (χ4v) is 4.79. The molecule has 0 bridgehead atoms. The molecule has 2 fully saturated rings. The van der Waals surface area contributed by atoms with E-state index in [-0.39, 0.29) is 17.4 Å². The number of thioether (sulfide) groups is 1. The largest absolute Gasteiger partial charge is 0.381 e. The first kappa shape index (κ1) is 18.1. The van der Waals surface area contributed by atoms with Crippen LogP contribution in [0, 0.1) is 0 Å². The number of nitrogens with one attached hydrogen (secondary N) is 2. The zero-order valence-electron chi connectivity index (χ0n) is 13.9. The smallest absolute Gasteiger partial charge is 0.221 e. The van der Waals surface area contributed by atoms with Crippen LogP contribution in [0.25, 0.3) is 0 Å². The molecule has 1 aromatic rings. The third kappa shape index (κ3) is 4.45. The maximum absolute atomic E-state index is 12.4. The molecule has 2 saturated heterocycles. The van der Waals surface area contributed by atoms with E-state index in [1.54, 1.807) is 0 Å². The molecule has 0 radical (unpaired) electrons. The normalized spacial score (nSPS) is 23.6. The summed E-state index contributed by atoms with van der Waals surface area (Å²) in [6.45, 7) is 3.03. The van der Waals surface area contributed by atoms with Gasteiger partial charge in [0.15, 0.2) is 0 Å². The summed E-state index contributed by atoms with van der Waals surface area (Å²) in [6, 6.07) is 8.26. The molecule has 0 aromatic heterocycles. The van der Waals surface area contributed by atoms with E-state index in [0.717, 1.165) is 41.5 Å². The Bertz CT molecular complexity index is 558. The van der Waals surface area contributed by atoms with Crippen molar-refractivity contribution in [1.29, 1.82) is 0 Å². The van der Waals surface area contributed by atoms with Crippen LogP contribution in [0.15, 0.2) is 24.3 Å². The van der Waals surface area contributed by atoms with Crippen molar-refractivity contribution in [1.82, 2.24) is 10.6 Å². The second kappa shape index (κ2) is 8.56. The fourth-order valence-electron chi connectivity index (χ4n) is 3.51. The summed E-state index contributed by atoms with van der Waals surface area (Å²) in [7, 11) is 0. The van der Waals surface area contributed by atoms with Crippen molar-refractivity contribution in [3.05, 3.63) is 34.9 Å². The van der Waals surface area contributed by atoms with Crippen molar-refractivity contribution in [2.75, 3.05) is 37.8 Å². The van der Waals surface area contributed by atoms with Crippen LogP contribution >= 0.6 is 23.4 Å². The van der Waals surface area contributed by atoms with Gasteiger partial charge in [0.2, 0.25) is 5.91 Å². The van der Waals surface area contributed by atoms with Gasteiger partial charge >= 0.3 is 0 Å². The molecule has 2 heterocycles. The molecule has 24 heavy (non-hydrogen) atoms. The first-order valence-electron chi connectivity index (χ1n) is 8.60. The van der Waals surface area contributed by atoms with Gasteiger partial charge in [-0.05, 0) is 24.5 Å². The van der Waals surface area contributed by atoms with E-state index in [1.165, 1.54) is 0 Å². The molecule has 2 aliphatic heterocycles. The van der Waals surface area contributed by atoms with Gasteiger partial charge in [-0.2, -0.15) is 11.8 Å². The Hall–Kier alpha value is -0.750. The number of hydrogen-bond acceptors (Lipinski definition) is 4. The molecule has 3 rings (SSSR count). The molecule has 1 atom stereocenters. The Balaban J connectivity index is 1.64. The van der Waals surface area contributed by atoms with Crippen molar-refractivity contribution in [2.45, 2.75) is 30.7 Å². The Labute approximate surface area is 153 Å². The number of halogens is 1. The van der Waals surface area contributed by atoms with Crippen LogP contribution in [0.2, 0.25) is 5.02 Å². The summed E-state index contributed by atoms with van der Waals surface area (Å²) in [5.41, 5.74) is 1.00. The van der Waals surface area contributed by atoms with Crippen LogP contribution in [0.1, 0.15) is 24.8 Å². The first-order chi connectivity index (χ1) is 11.7. The lowest BCUT2D eigenvalue weighted by molar-refractivity contribution is -0.122. The van der Waals surface area contributed by atoms with E-state index in [9.17, 15) is 4.79 Å². The summed E-state index contributed by atoms with van der Waals surface area (Å²) in [5, 5.41) is 7.36. The van der Waals surface area contributed by atoms with Crippen LogP contribution < -0.4 is 10.6 Å². The molecule has 1 unspecified atom stereocenters. The Morgan fingerprint density at radius 2 is 2.17 bits per heavy atom. The van der Waals surface area contributed by atoms with Crippen molar-refractivity contribution >= 4 is 29.3 Å². The van der Waals surface area contributed by atoms with Gasteiger partial charge in [-0.3, -0.25) is 4.79 Å². The van der Waals surface area contributed by atoms with Gasteiger partial charge in [0, 0.05) is 60.7 Å². The predicted molar refractivity (Wildman–Crippen MR) is 99.9 cm³/mol. The number of hydrogen-bond donors (Lipinski definition) is 2. The SMILES string of the molecule is O=C(CC1CSCCN1)NCC1(c2ccccc2Cl)CCOCC1. The molecule has 132 valence electrons. The van der Waals surface area contributed by atoms with E-state index in [4.69, 9.17) is 16.3 Å². The highest BCUT2D eigenvalue weighted by Crippen LogP contribution is 2.38. The minimum Gasteiger partial charge on any atom is -0.381 e.